The molecule has 1 aromatic rings. The monoisotopic (exact) mass is 299 g/mol. The Morgan fingerprint density at radius 2 is 1.85 bits per heavy atom. The van der Waals surface area contributed by atoms with Gasteiger partial charge in [0.1, 0.15) is 5.01 Å². The van der Waals surface area contributed by atoms with Crippen molar-refractivity contribution in [3.05, 3.63) is 5.01 Å². The summed E-state index contributed by atoms with van der Waals surface area (Å²) in [7, 11) is 0. The molecule has 0 unspecified atom stereocenters. The second-order valence-corrected chi connectivity index (χ2v) is 6.63. The summed E-state index contributed by atoms with van der Waals surface area (Å²) in [5.41, 5.74) is 0. The zero-order valence-electron chi connectivity index (χ0n) is 13.2. The smallest absolute Gasteiger partial charge is 0.294 e. The van der Waals surface area contributed by atoms with Gasteiger partial charge in [0.2, 0.25) is 0 Å². The van der Waals surface area contributed by atoms with Crippen LogP contribution in [0.15, 0.2) is 0 Å². The number of ether oxygens (including phenoxy) is 1. The fraction of sp³-hybridized carbons (Fsp3) is 0.867. The number of rotatable bonds is 12. The van der Waals surface area contributed by atoms with Crippen LogP contribution in [-0.4, -0.2) is 23.3 Å². The van der Waals surface area contributed by atoms with Crippen LogP contribution in [0, 0.1) is 5.92 Å². The van der Waals surface area contributed by atoms with Crippen molar-refractivity contribution >= 4 is 11.3 Å². The molecule has 0 bridgehead atoms. The molecule has 0 aliphatic heterocycles. The normalized spacial score (nSPS) is 11.2. The molecule has 5 heteroatoms. The highest BCUT2D eigenvalue weighted by Crippen LogP contribution is 2.18. The van der Waals surface area contributed by atoms with E-state index in [1.807, 2.05) is 0 Å². The van der Waals surface area contributed by atoms with Crippen LogP contribution < -0.4 is 10.1 Å². The minimum Gasteiger partial charge on any atom is -0.469 e. The highest BCUT2D eigenvalue weighted by atomic mass is 32.1. The third-order valence-corrected chi connectivity index (χ3v) is 3.84. The number of hydrogen-bond donors (Lipinski definition) is 1. The van der Waals surface area contributed by atoms with E-state index in [9.17, 15) is 0 Å². The molecule has 0 saturated heterocycles. The molecular weight excluding hydrogens is 270 g/mol. The van der Waals surface area contributed by atoms with E-state index in [0.29, 0.717) is 11.1 Å². The lowest BCUT2D eigenvalue weighted by Crippen LogP contribution is -2.18. The summed E-state index contributed by atoms with van der Waals surface area (Å²) in [6, 6.07) is 0. The summed E-state index contributed by atoms with van der Waals surface area (Å²) in [6.45, 7) is 9.19. The van der Waals surface area contributed by atoms with Gasteiger partial charge in [-0.25, -0.2) is 0 Å². The van der Waals surface area contributed by atoms with Gasteiger partial charge in [0.05, 0.1) is 6.61 Å². The van der Waals surface area contributed by atoms with Crippen LogP contribution in [0.1, 0.15) is 64.3 Å². The standard InChI is InChI=1S/C15H29N3OS/c1-4-5-6-7-8-9-10-19-15-18-17-14(20-15)12-16-11-13(2)3/h13,16H,4-12H2,1-3H3. The quantitative estimate of drug-likeness (QED) is 0.592. The number of unbranched alkanes of at least 4 members (excludes halogenated alkanes) is 5. The Balaban J connectivity index is 2.05. The summed E-state index contributed by atoms with van der Waals surface area (Å²) < 4.78 is 5.64. The first-order chi connectivity index (χ1) is 9.72. The SMILES string of the molecule is CCCCCCCCOc1nnc(CNCC(C)C)s1. The van der Waals surface area contributed by atoms with Crippen LogP contribution in [0.2, 0.25) is 0 Å². The van der Waals surface area contributed by atoms with Gasteiger partial charge in [-0.1, -0.05) is 64.2 Å². The summed E-state index contributed by atoms with van der Waals surface area (Å²) >= 11 is 1.55. The number of hydrogen-bond acceptors (Lipinski definition) is 5. The van der Waals surface area contributed by atoms with E-state index in [1.54, 1.807) is 11.3 Å². The van der Waals surface area contributed by atoms with E-state index in [0.717, 1.165) is 31.1 Å². The topological polar surface area (TPSA) is 47.0 Å². The predicted octanol–water partition coefficient (Wildman–Crippen LogP) is 4.02. The maximum atomic E-state index is 5.64. The molecule has 116 valence electrons. The maximum Gasteiger partial charge on any atom is 0.294 e. The largest absolute Gasteiger partial charge is 0.469 e. The Labute approximate surface area is 127 Å². The Kier molecular flexibility index (Phi) is 9.58. The molecule has 1 N–H and O–H groups in total. The van der Waals surface area contributed by atoms with Crippen LogP contribution in [0.3, 0.4) is 0 Å². The Morgan fingerprint density at radius 1 is 1.10 bits per heavy atom. The second-order valence-electron chi connectivity index (χ2n) is 5.60. The average Bonchev–Trinajstić information content (AvgIpc) is 2.85. The fourth-order valence-electron chi connectivity index (χ4n) is 1.88. The predicted molar refractivity (Wildman–Crippen MR) is 85.3 cm³/mol. The van der Waals surface area contributed by atoms with Crippen molar-refractivity contribution in [1.82, 2.24) is 15.5 Å². The molecular formula is C15H29N3OS. The minimum atomic E-state index is 0.659. The van der Waals surface area contributed by atoms with E-state index >= 15 is 0 Å². The number of nitrogens with zero attached hydrogens (tertiary/aromatic N) is 2. The van der Waals surface area contributed by atoms with Crippen molar-refractivity contribution in [2.45, 2.75) is 65.8 Å². The van der Waals surface area contributed by atoms with Gasteiger partial charge >= 0.3 is 0 Å². The molecule has 0 aliphatic rings. The molecule has 20 heavy (non-hydrogen) atoms. The van der Waals surface area contributed by atoms with Gasteiger partial charge in [0.25, 0.3) is 5.19 Å². The van der Waals surface area contributed by atoms with Crippen molar-refractivity contribution in [2.24, 2.45) is 5.92 Å². The first kappa shape index (κ1) is 17.4. The highest BCUT2D eigenvalue weighted by Gasteiger charge is 2.05. The van der Waals surface area contributed by atoms with Gasteiger partial charge in [-0.15, -0.1) is 10.2 Å². The van der Waals surface area contributed by atoms with Gasteiger partial charge in [0, 0.05) is 6.54 Å². The molecule has 0 atom stereocenters. The minimum absolute atomic E-state index is 0.659. The summed E-state index contributed by atoms with van der Waals surface area (Å²) in [5, 5.41) is 13.3. The summed E-state index contributed by atoms with van der Waals surface area (Å²) in [6.07, 6.45) is 7.68. The first-order valence-electron chi connectivity index (χ1n) is 7.88. The molecule has 1 aromatic heterocycles. The van der Waals surface area contributed by atoms with E-state index < -0.39 is 0 Å². The van der Waals surface area contributed by atoms with E-state index in [-0.39, 0.29) is 0 Å². The Bertz CT molecular complexity index is 342. The van der Waals surface area contributed by atoms with E-state index in [1.165, 1.54) is 32.1 Å². The van der Waals surface area contributed by atoms with Crippen molar-refractivity contribution < 1.29 is 4.74 Å². The molecule has 1 heterocycles. The lowest BCUT2D eigenvalue weighted by molar-refractivity contribution is 0.300. The van der Waals surface area contributed by atoms with Crippen LogP contribution >= 0.6 is 11.3 Å². The lowest BCUT2D eigenvalue weighted by atomic mass is 10.1. The van der Waals surface area contributed by atoms with Crippen LogP contribution in [-0.2, 0) is 6.54 Å². The van der Waals surface area contributed by atoms with Gasteiger partial charge in [-0.05, 0) is 18.9 Å². The molecule has 0 aliphatic carbocycles. The van der Waals surface area contributed by atoms with Crippen LogP contribution in [0.25, 0.3) is 0 Å². The molecule has 0 amide bonds. The molecule has 0 spiro atoms. The number of nitrogens with one attached hydrogen (secondary N) is 1. The Hall–Kier alpha value is -0.680. The molecule has 0 radical (unpaired) electrons. The third-order valence-electron chi connectivity index (χ3n) is 3.00. The average molecular weight is 299 g/mol. The Morgan fingerprint density at radius 3 is 2.60 bits per heavy atom. The first-order valence-corrected chi connectivity index (χ1v) is 8.70. The third kappa shape index (κ3) is 8.48. The van der Waals surface area contributed by atoms with Crippen molar-refractivity contribution in [2.75, 3.05) is 13.2 Å². The molecule has 0 aromatic carbocycles. The van der Waals surface area contributed by atoms with Gasteiger partial charge in [0.15, 0.2) is 0 Å². The van der Waals surface area contributed by atoms with E-state index in [2.05, 4.69) is 36.3 Å². The van der Waals surface area contributed by atoms with Crippen molar-refractivity contribution in [3.63, 3.8) is 0 Å². The molecule has 0 fully saturated rings. The van der Waals surface area contributed by atoms with Crippen LogP contribution in [0.5, 0.6) is 5.19 Å². The molecule has 4 nitrogen and oxygen atoms in total. The van der Waals surface area contributed by atoms with E-state index in [4.69, 9.17) is 4.74 Å². The fourth-order valence-corrected chi connectivity index (χ4v) is 2.56. The number of aromatic nitrogens is 2. The second kappa shape index (κ2) is 11.0. The summed E-state index contributed by atoms with van der Waals surface area (Å²) in [5.74, 6) is 0.659. The van der Waals surface area contributed by atoms with Gasteiger partial charge in [-0.3, -0.25) is 0 Å². The van der Waals surface area contributed by atoms with Gasteiger partial charge < -0.3 is 10.1 Å². The molecule has 1 rings (SSSR count). The van der Waals surface area contributed by atoms with Crippen molar-refractivity contribution in [3.8, 4) is 5.19 Å². The zero-order chi connectivity index (χ0) is 14.6. The highest BCUT2D eigenvalue weighted by molar-refractivity contribution is 7.13. The lowest BCUT2D eigenvalue weighted by Gasteiger charge is -2.04. The molecule has 0 saturated carbocycles. The summed E-state index contributed by atoms with van der Waals surface area (Å²) in [4.78, 5) is 0. The van der Waals surface area contributed by atoms with Crippen molar-refractivity contribution in [1.29, 1.82) is 0 Å². The zero-order valence-corrected chi connectivity index (χ0v) is 14.0. The van der Waals surface area contributed by atoms with Crippen LogP contribution in [0.4, 0.5) is 0 Å². The maximum absolute atomic E-state index is 5.64. The van der Waals surface area contributed by atoms with Gasteiger partial charge in [-0.2, -0.15) is 0 Å².